The number of nitrogens with zero attached hydrogens (tertiary/aromatic N) is 1. The van der Waals surface area contributed by atoms with Crippen molar-refractivity contribution in [2.24, 2.45) is 11.7 Å². The molecule has 0 aromatic carbocycles. The van der Waals surface area contributed by atoms with Crippen molar-refractivity contribution in [1.82, 2.24) is 10.3 Å². The van der Waals surface area contributed by atoms with Crippen molar-refractivity contribution in [3.05, 3.63) is 29.0 Å². The average molecular weight is 256 g/mol. The molecule has 5 heteroatoms. The Bertz CT molecular complexity index is 382. The first kappa shape index (κ1) is 13.9. The topological polar surface area (TPSA) is 68.0 Å². The van der Waals surface area contributed by atoms with Crippen molar-refractivity contribution in [2.75, 3.05) is 6.54 Å². The molecule has 94 valence electrons. The van der Waals surface area contributed by atoms with Crippen molar-refractivity contribution in [1.29, 1.82) is 0 Å². The zero-order valence-corrected chi connectivity index (χ0v) is 10.9. The molecule has 1 heterocycles. The van der Waals surface area contributed by atoms with E-state index in [2.05, 4.69) is 24.1 Å². The van der Waals surface area contributed by atoms with Gasteiger partial charge in [-0.3, -0.25) is 9.78 Å². The van der Waals surface area contributed by atoms with E-state index in [1.54, 1.807) is 12.3 Å². The molecule has 0 radical (unpaired) electrons. The highest BCUT2D eigenvalue weighted by molar-refractivity contribution is 6.33. The van der Waals surface area contributed by atoms with Gasteiger partial charge in [0.15, 0.2) is 0 Å². The Balaban J connectivity index is 2.68. The van der Waals surface area contributed by atoms with Gasteiger partial charge >= 0.3 is 0 Å². The highest BCUT2D eigenvalue weighted by atomic mass is 35.5. The number of pyridine rings is 1. The summed E-state index contributed by atoms with van der Waals surface area (Å²) in [4.78, 5) is 15.8. The lowest BCUT2D eigenvalue weighted by atomic mass is 10.0. The van der Waals surface area contributed by atoms with Gasteiger partial charge in [-0.2, -0.15) is 0 Å². The van der Waals surface area contributed by atoms with Crippen LogP contribution in [-0.2, 0) is 0 Å². The maximum Gasteiger partial charge on any atom is 0.253 e. The second-order valence-corrected chi connectivity index (χ2v) is 4.80. The van der Waals surface area contributed by atoms with E-state index < -0.39 is 0 Å². The fourth-order valence-corrected chi connectivity index (χ4v) is 1.81. The van der Waals surface area contributed by atoms with Gasteiger partial charge in [-0.05, 0) is 18.4 Å². The molecule has 0 bridgehead atoms. The van der Waals surface area contributed by atoms with Gasteiger partial charge in [0.05, 0.1) is 10.6 Å². The number of aromatic nitrogens is 1. The maximum atomic E-state index is 11.9. The summed E-state index contributed by atoms with van der Waals surface area (Å²) in [5, 5.41) is 3.23. The van der Waals surface area contributed by atoms with Gasteiger partial charge in [-0.1, -0.05) is 25.4 Å². The summed E-state index contributed by atoms with van der Waals surface area (Å²) in [5.41, 5.74) is 6.06. The standard InChI is InChI=1S/C12H18ClN3O/c1-8(2)5-9(6-14)16-12(17)10-3-4-15-7-11(10)13/h3-4,7-9H,5-6,14H2,1-2H3,(H,16,17). The van der Waals surface area contributed by atoms with E-state index in [1.165, 1.54) is 6.20 Å². The van der Waals surface area contributed by atoms with Crippen molar-refractivity contribution in [3.8, 4) is 0 Å². The average Bonchev–Trinajstić information content (AvgIpc) is 2.27. The first-order valence-electron chi connectivity index (χ1n) is 5.65. The van der Waals surface area contributed by atoms with E-state index in [0.29, 0.717) is 23.0 Å². The number of carbonyl (C=O) groups excluding carboxylic acids is 1. The largest absolute Gasteiger partial charge is 0.348 e. The molecule has 4 nitrogen and oxygen atoms in total. The zero-order chi connectivity index (χ0) is 12.8. The van der Waals surface area contributed by atoms with Crippen LogP contribution in [0.15, 0.2) is 18.5 Å². The van der Waals surface area contributed by atoms with Crippen LogP contribution in [0.5, 0.6) is 0 Å². The minimum absolute atomic E-state index is 0.0215. The second kappa shape index (κ2) is 6.57. The van der Waals surface area contributed by atoms with Gasteiger partial charge < -0.3 is 11.1 Å². The van der Waals surface area contributed by atoms with E-state index in [-0.39, 0.29) is 11.9 Å². The van der Waals surface area contributed by atoms with Gasteiger partial charge in [-0.15, -0.1) is 0 Å². The van der Waals surface area contributed by atoms with E-state index in [9.17, 15) is 4.79 Å². The van der Waals surface area contributed by atoms with Crippen LogP contribution in [0.1, 0.15) is 30.6 Å². The monoisotopic (exact) mass is 255 g/mol. The van der Waals surface area contributed by atoms with Crippen LogP contribution in [0, 0.1) is 5.92 Å². The van der Waals surface area contributed by atoms with Crippen LogP contribution >= 0.6 is 11.6 Å². The summed E-state index contributed by atoms with van der Waals surface area (Å²) >= 11 is 5.90. The first-order valence-corrected chi connectivity index (χ1v) is 6.02. The quantitative estimate of drug-likeness (QED) is 0.844. The molecule has 1 amide bonds. The summed E-state index contributed by atoms with van der Waals surface area (Å²) in [6, 6.07) is 1.58. The fourth-order valence-electron chi connectivity index (χ4n) is 1.61. The second-order valence-electron chi connectivity index (χ2n) is 4.39. The fraction of sp³-hybridized carbons (Fsp3) is 0.500. The minimum atomic E-state index is -0.200. The molecule has 0 aliphatic rings. The minimum Gasteiger partial charge on any atom is -0.348 e. The maximum absolute atomic E-state index is 11.9. The number of nitrogens with two attached hydrogens (primary N) is 1. The number of nitrogens with one attached hydrogen (secondary N) is 1. The van der Waals surface area contributed by atoms with Crippen LogP contribution in [0.2, 0.25) is 5.02 Å². The summed E-state index contributed by atoms with van der Waals surface area (Å²) in [6.45, 7) is 4.61. The molecule has 0 saturated heterocycles. The molecule has 1 unspecified atom stereocenters. The number of amides is 1. The molecule has 1 aromatic rings. The van der Waals surface area contributed by atoms with E-state index in [4.69, 9.17) is 17.3 Å². The van der Waals surface area contributed by atoms with Gasteiger partial charge in [0.25, 0.3) is 5.91 Å². The predicted molar refractivity (Wildman–Crippen MR) is 69.0 cm³/mol. The van der Waals surface area contributed by atoms with Gasteiger partial charge in [0.1, 0.15) is 0 Å². The summed E-state index contributed by atoms with van der Waals surface area (Å²) in [5.74, 6) is 0.283. The number of hydrogen-bond acceptors (Lipinski definition) is 3. The van der Waals surface area contributed by atoms with Gasteiger partial charge in [0, 0.05) is 25.0 Å². The molecule has 1 atom stereocenters. The highest BCUT2D eigenvalue weighted by Gasteiger charge is 2.15. The molecule has 0 aliphatic heterocycles. The predicted octanol–water partition coefficient (Wildman–Crippen LogP) is 1.84. The van der Waals surface area contributed by atoms with Gasteiger partial charge in [0.2, 0.25) is 0 Å². The molecule has 1 aromatic heterocycles. The van der Waals surface area contributed by atoms with Crippen LogP contribution in [-0.4, -0.2) is 23.5 Å². The van der Waals surface area contributed by atoms with Crippen molar-refractivity contribution < 1.29 is 4.79 Å². The van der Waals surface area contributed by atoms with Crippen molar-refractivity contribution in [3.63, 3.8) is 0 Å². The summed E-state index contributed by atoms with van der Waals surface area (Å²) in [6.07, 6.45) is 3.85. The molecular formula is C12H18ClN3O. The molecule has 0 aliphatic carbocycles. The lowest BCUT2D eigenvalue weighted by Gasteiger charge is -2.19. The molecule has 0 fully saturated rings. The Morgan fingerprint density at radius 2 is 2.29 bits per heavy atom. The summed E-state index contributed by atoms with van der Waals surface area (Å²) in [7, 11) is 0. The van der Waals surface area contributed by atoms with Crippen LogP contribution in [0.25, 0.3) is 0 Å². The molecule has 3 N–H and O–H groups in total. The third-order valence-corrected chi connectivity index (χ3v) is 2.69. The number of carbonyl (C=O) groups is 1. The van der Waals surface area contributed by atoms with E-state index in [1.807, 2.05) is 0 Å². The van der Waals surface area contributed by atoms with Gasteiger partial charge in [-0.25, -0.2) is 0 Å². The normalized spacial score (nSPS) is 12.5. The van der Waals surface area contributed by atoms with Crippen LogP contribution < -0.4 is 11.1 Å². The zero-order valence-electron chi connectivity index (χ0n) is 10.1. The Labute approximate surface area is 107 Å². The highest BCUT2D eigenvalue weighted by Crippen LogP contribution is 2.13. The lowest BCUT2D eigenvalue weighted by molar-refractivity contribution is 0.0934. The van der Waals surface area contributed by atoms with E-state index >= 15 is 0 Å². The number of hydrogen-bond donors (Lipinski definition) is 2. The van der Waals surface area contributed by atoms with Crippen LogP contribution in [0.3, 0.4) is 0 Å². The molecule has 0 spiro atoms. The van der Waals surface area contributed by atoms with E-state index in [0.717, 1.165) is 6.42 Å². The Morgan fingerprint density at radius 1 is 1.59 bits per heavy atom. The SMILES string of the molecule is CC(C)CC(CN)NC(=O)c1ccncc1Cl. The third-order valence-electron chi connectivity index (χ3n) is 2.39. The number of rotatable bonds is 5. The molecular weight excluding hydrogens is 238 g/mol. The molecule has 0 saturated carbocycles. The summed E-state index contributed by atoms with van der Waals surface area (Å²) < 4.78 is 0. The van der Waals surface area contributed by atoms with Crippen LogP contribution in [0.4, 0.5) is 0 Å². The smallest absolute Gasteiger partial charge is 0.253 e. The third kappa shape index (κ3) is 4.32. The Morgan fingerprint density at radius 3 is 2.82 bits per heavy atom. The lowest BCUT2D eigenvalue weighted by Crippen LogP contribution is -2.41. The Hall–Kier alpha value is -1.13. The van der Waals surface area contributed by atoms with Crippen molar-refractivity contribution in [2.45, 2.75) is 26.3 Å². The number of halogens is 1. The van der Waals surface area contributed by atoms with Crippen molar-refractivity contribution >= 4 is 17.5 Å². The molecule has 17 heavy (non-hydrogen) atoms. The Kier molecular flexibility index (Phi) is 5.38. The molecule has 1 rings (SSSR count). The first-order chi connectivity index (χ1) is 8.04.